The zero-order valence-corrected chi connectivity index (χ0v) is 15.4. The van der Waals surface area contributed by atoms with Crippen LogP contribution in [0.25, 0.3) is 0 Å². The number of aromatic nitrogens is 1. The molecule has 0 bridgehead atoms. The monoisotopic (exact) mass is 365 g/mol. The van der Waals surface area contributed by atoms with Crippen LogP contribution in [0.15, 0.2) is 42.6 Å². The van der Waals surface area contributed by atoms with Crippen molar-refractivity contribution in [3.63, 3.8) is 0 Å². The van der Waals surface area contributed by atoms with Gasteiger partial charge < -0.3 is 9.80 Å². The summed E-state index contributed by atoms with van der Waals surface area (Å²) >= 11 is 0. The van der Waals surface area contributed by atoms with E-state index < -0.39 is 0 Å². The average molecular weight is 365 g/mol. The SMILES string of the molecule is N#Cc1ccc(N2CCCC(N3CCN(c4ccc(F)cc4)CC3)C2)nc1. The molecular formula is C21H24FN5. The number of nitriles is 1. The third-order valence-electron chi connectivity index (χ3n) is 5.62. The molecule has 1 atom stereocenters. The summed E-state index contributed by atoms with van der Waals surface area (Å²) < 4.78 is 13.1. The van der Waals surface area contributed by atoms with Gasteiger partial charge in [-0.1, -0.05) is 0 Å². The van der Waals surface area contributed by atoms with Crippen LogP contribution in [-0.2, 0) is 0 Å². The molecule has 0 N–H and O–H groups in total. The second kappa shape index (κ2) is 7.93. The van der Waals surface area contributed by atoms with Crippen LogP contribution in [0, 0.1) is 17.1 Å². The van der Waals surface area contributed by atoms with Crippen LogP contribution in [0.1, 0.15) is 18.4 Å². The van der Waals surface area contributed by atoms with Gasteiger partial charge in [0.1, 0.15) is 17.7 Å². The third-order valence-corrected chi connectivity index (χ3v) is 5.62. The number of pyridine rings is 1. The smallest absolute Gasteiger partial charge is 0.128 e. The topological polar surface area (TPSA) is 46.4 Å². The molecule has 2 saturated heterocycles. The molecule has 4 rings (SSSR count). The Kier molecular flexibility index (Phi) is 5.21. The van der Waals surface area contributed by atoms with E-state index in [4.69, 9.17) is 5.26 Å². The van der Waals surface area contributed by atoms with Gasteiger partial charge in [0.2, 0.25) is 0 Å². The number of hydrogen-bond acceptors (Lipinski definition) is 5. The molecule has 27 heavy (non-hydrogen) atoms. The van der Waals surface area contributed by atoms with Crippen molar-refractivity contribution in [1.82, 2.24) is 9.88 Å². The Balaban J connectivity index is 1.35. The first-order chi connectivity index (χ1) is 13.2. The Hall–Kier alpha value is -2.65. The molecule has 1 aromatic carbocycles. The Labute approximate surface area is 159 Å². The lowest BCUT2D eigenvalue weighted by Crippen LogP contribution is -2.55. The van der Waals surface area contributed by atoms with Crippen molar-refractivity contribution in [2.45, 2.75) is 18.9 Å². The molecule has 1 unspecified atom stereocenters. The van der Waals surface area contributed by atoms with Crippen molar-refractivity contribution >= 4 is 11.5 Å². The van der Waals surface area contributed by atoms with Gasteiger partial charge in [-0.15, -0.1) is 0 Å². The van der Waals surface area contributed by atoms with Gasteiger partial charge in [-0.2, -0.15) is 5.26 Å². The predicted molar refractivity (Wildman–Crippen MR) is 104 cm³/mol. The maximum absolute atomic E-state index is 13.1. The molecule has 2 aliphatic heterocycles. The molecule has 6 heteroatoms. The molecule has 0 amide bonds. The summed E-state index contributed by atoms with van der Waals surface area (Å²) in [5, 5.41) is 8.94. The summed E-state index contributed by atoms with van der Waals surface area (Å²) in [5.74, 6) is 0.778. The van der Waals surface area contributed by atoms with Crippen LogP contribution in [0.3, 0.4) is 0 Å². The number of nitrogens with zero attached hydrogens (tertiary/aromatic N) is 5. The fraction of sp³-hybridized carbons (Fsp3) is 0.429. The normalized spacial score (nSPS) is 21.1. The van der Waals surface area contributed by atoms with Gasteiger partial charge in [0, 0.05) is 57.2 Å². The predicted octanol–water partition coefficient (Wildman–Crippen LogP) is 2.88. The number of halogens is 1. The minimum absolute atomic E-state index is 0.184. The van der Waals surface area contributed by atoms with Crippen molar-refractivity contribution < 1.29 is 4.39 Å². The van der Waals surface area contributed by atoms with E-state index in [9.17, 15) is 4.39 Å². The summed E-state index contributed by atoms with van der Waals surface area (Å²) in [6.07, 6.45) is 4.02. The summed E-state index contributed by atoms with van der Waals surface area (Å²) in [6, 6.07) is 13.2. The Morgan fingerprint density at radius 1 is 0.963 bits per heavy atom. The lowest BCUT2D eigenvalue weighted by molar-refractivity contribution is 0.166. The second-order valence-electron chi connectivity index (χ2n) is 7.26. The standard InChI is InChI=1S/C21H24FN5/c22-18-4-6-19(7-5-18)25-10-12-26(13-11-25)20-2-1-9-27(16-20)21-8-3-17(14-23)15-24-21/h3-8,15,20H,1-2,9-13,16H2. The zero-order valence-electron chi connectivity index (χ0n) is 15.4. The van der Waals surface area contributed by atoms with E-state index in [0.717, 1.165) is 57.2 Å². The number of benzene rings is 1. The molecular weight excluding hydrogens is 341 g/mol. The Morgan fingerprint density at radius 2 is 1.74 bits per heavy atom. The molecule has 0 spiro atoms. The van der Waals surface area contributed by atoms with Gasteiger partial charge in [0.15, 0.2) is 0 Å². The molecule has 2 aromatic rings. The first-order valence-electron chi connectivity index (χ1n) is 9.58. The van der Waals surface area contributed by atoms with Gasteiger partial charge in [-0.3, -0.25) is 4.90 Å². The van der Waals surface area contributed by atoms with Crippen LogP contribution < -0.4 is 9.80 Å². The van der Waals surface area contributed by atoms with Gasteiger partial charge in [0.25, 0.3) is 0 Å². The molecule has 3 heterocycles. The van der Waals surface area contributed by atoms with Crippen LogP contribution in [0.4, 0.5) is 15.9 Å². The number of hydrogen-bond donors (Lipinski definition) is 0. The molecule has 5 nitrogen and oxygen atoms in total. The third kappa shape index (κ3) is 4.04. The summed E-state index contributed by atoms with van der Waals surface area (Å²) in [5.41, 5.74) is 1.70. The molecule has 0 aliphatic carbocycles. The van der Waals surface area contributed by atoms with Gasteiger partial charge in [-0.05, 0) is 49.2 Å². The molecule has 2 aliphatic rings. The first kappa shape index (κ1) is 17.7. The lowest BCUT2D eigenvalue weighted by atomic mass is 10.0. The fourth-order valence-electron chi connectivity index (χ4n) is 4.10. The van der Waals surface area contributed by atoms with E-state index in [1.54, 1.807) is 6.20 Å². The lowest BCUT2D eigenvalue weighted by Gasteiger charge is -2.44. The molecule has 1 aromatic heterocycles. The number of rotatable bonds is 3. The number of anilines is 2. The quantitative estimate of drug-likeness (QED) is 0.837. The number of piperidine rings is 1. The minimum Gasteiger partial charge on any atom is -0.369 e. The molecule has 0 radical (unpaired) electrons. The van der Waals surface area contributed by atoms with Gasteiger partial charge >= 0.3 is 0 Å². The van der Waals surface area contributed by atoms with Crippen molar-refractivity contribution in [3.8, 4) is 6.07 Å². The van der Waals surface area contributed by atoms with Crippen molar-refractivity contribution in [1.29, 1.82) is 5.26 Å². The fourth-order valence-corrected chi connectivity index (χ4v) is 4.10. The highest BCUT2D eigenvalue weighted by molar-refractivity contribution is 5.47. The highest BCUT2D eigenvalue weighted by atomic mass is 19.1. The van der Waals surface area contributed by atoms with Crippen molar-refractivity contribution in [2.75, 3.05) is 49.1 Å². The van der Waals surface area contributed by atoms with Crippen molar-refractivity contribution in [3.05, 3.63) is 54.0 Å². The molecule has 140 valence electrons. The first-order valence-corrected chi connectivity index (χ1v) is 9.58. The molecule has 2 fully saturated rings. The highest BCUT2D eigenvalue weighted by Crippen LogP contribution is 2.23. The van der Waals surface area contributed by atoms with Crippen LogP contribution in [-0.4, -0.2) is 55.2 Å². The molecule has 0 saturated carbocycles. The van der Waals surface area contributed by atoms with E-state index in [-0.39, 0.29) is 5.82 Å². The Morgan fingerprint density at radius 3 is 2.41 bits per heavy atom. The van der Waals surface area contributed by atoms with Gasteiger partial charge in [-0.25, -0.2) is 9.37 Å². The maximum Gasteiger partial charge on any atom is 0.128 e. The van der Waals surface area contributed by atoms with Crippen LogP contribution in [0.2, 0.25) is 0 Å². The second-order valence-corrected chi connectivity index (χ2v) is 7.26. The van der Waals surface area contributed by atoms with E-state index in [2.05, 4.69) is 25.8 Å². The average Bonchev–Trinajstić information content (AvgIpc) is 2.75. The largest absolute Gasteiger partial charge is 0.369 e. The number of piperazine rings is 1. The summed E-state index contributed by atoms with van der Waals surface area (Å²) in [6.45, 7) is 5.99. The zero-order chi connectivity index (χ0) is 18.6. The van der Waals surface area contributed by atoms with E-state index in [0.29, 0.717) is 11.6 Å². The summed E-state index contributed by atoms with van der Waals surface area (Å²) in [7, 11) is 0. The highest BCUT2D eigenvalue weighted by Gasteiger charge is 2.28. The minimum atomic E-state index is -0.184. The van der Waals surface area contributed by atoms with Crippen LogP contribution >= 0.6 is 0 Å². The van der Waals surface area contributed by atoms with Crippen molar-refractivity contribution in [2.24, 2.45) is 0 Å². The Bertz CT molecular complexity index is 791. The maximum atomic E-state index is 13.1. The van der Waals surface area contributed by atoms with E-state index >= 15 is 0 Å². The van der Waals surface area contributed by atoms with E-state index in [1.807, 2.05) is 24.3 Å². The van der Waals surface area contributed by atoms with Gasteiger partial charge in [0.05, 0.1) is 5.56 Å². The van der Waals surface area contributed by atoms with Crippen LogP contribution in [0.5, 0.6) is 0 Å². The van der Waals surface area contributed by atoms with E-state index in [1.165, 1.54) is 18.6 Å². The summed E-state index contributed by atoms with van der Waals surface area (Å²) in [4.78, 5) is 11.7.